The number of carbonyl (C=O) groups is 1. The molecule has 5 nitrogen and oxygen atoms in total. The van der Waals surface area contributed by atoms with E-state index in [2.05, 4.69) is 15.0 Å². The summed E-state index contributed by atoms with van der Waals surface area (Å²) < 4.78 is 46.7. The highest BCUT2D eigenvalue weighted by Crippen LogP contribution is 2.29. The summed E-state index contributed by atoms with van der Waals surface area (Å²) in [5, 5.41) is 2.69. The number of methoxy groups -OCH3 is 1. The van der Waals surface area contributed by atoms with Gasteiger partial charge < -0.3 is 14.8 Å². The molecule has 1 amide bonds. The minimum atomic E-state index is -4.78. The third-order valence-corrected chi connectivity index (χ3v) is 4.63. The molecule has 3 rings (SSSR count). The molecule has 1 aliphatic carbocycles. The summed E-state index contributed by atoms with van der Waals surface area (Å²) in [5.41, 5.74) is 1.33. The van der Waals surface area contributed by atoms with Gasteiger partial charge in [-0.2, -0.15) is 0 Å². The fraction of sp³-hybridized carbons (Fsp3) is 0.381. The van der Waals surface area contributed by atoms with Gasteiger partial charge in [0.1, 0.15) is 11.5 Å². The summed E-state index contributed by atoms with van der Waals surface area (Å²) in [6, 6.07) is 13.8. The third kappa shape index (κ3) is 6.67. The van der Waals surface area contributed by atoms with E-state index in [0.29, 0.717) is 12.6 Å². The second-order valence-corrected chi connectivity index (χ2v) is 6.92. The van der Waals surface area contributed by atoms with Crippen LogP contribution in [-0.4, -0.2) is 36.9 Å². The minimum Gasteiger partial charge on any atom is -0.497 e. The Morgan fingerprint density at radius 1 is 1.14 bits per heavy atom. The molecule has 0 saturated heterocycles. The van der Waals surface area contributed by atoms with Crippen LogP contribution < -0.4 is 14.8 Å². The number of halogens is 3. The number of ether oxygens (including phenoxy) is 2. The average Bonchev–Trinajstić information content (AvgIpc) is 3.51. The highest BCUT2D eigenvalue weighted by atomic mass is 19.4. The number of rotatable bonds is 9. The van der Waals surface area contributed by atoms with Crippen molar-refractivity contribution in [1.82, 2.24) is 10.2 Å². The molecule has 0 heterocycles. The quantitative estimate of drug-likeness (QED) is 0.684. The molecule has 156 valence electrons. The van der Waals surface area contributed by atoms with E-state index in [0.717, 1.165) is 24.2 Å². The van der Waals surface area contributed by atoms with E-state index in [-0.39, 0.29) is 30.3 Å². The van der Waals surface area contributed by atoms with Crippen molar-refractivity contribution in [2.75, 3.05) is 13.7 Å². The first-order valence-corrected chi connectivity index (χ1v) is 9.31. The molecule has 0 bridgehead atoms. The number of nitrogens with one attached hydrogen (secondary N) is 1. The van der Waals surface area contributed by atoms with Crippen molar-refractivity contribution in [2.45, 2.75) is 38.3 Å². The van der Waals surface area contributed by atoms with Crippen LogP contribution in [0.25, 0.3) is 0 Å². The minimum absolute atomic E-state index is 0.0356. The van der Waals surface area contributed by atoms with E-state index in [1.807, 2.05) is 24.3 Å². The first kappa shape index (κ1) is 21.0. The van der Waals surface area contributed by atoms with Crippen LogP contribution in [0.15, 0.2) is 48.5 Å². The fourth-order valence-electron chi connectivity index (χ4n) is 3.03. The third-order valence-electron chi connectivity index (χ3n) is 4.63. The van der Waals surface area contributed by atoms with E-state index in [9.17, 15) is 18.0 Å². The topological polar surface area (TPSA) is 50.8 Å². The fourth-order valence-corrected chi connectivity index (χ4v) is 3.03. The number of alkyl halides is 3. The van der Waals surface area contributed by atoms with Crippen LogP contribution in [0.2, 0.25) is 0 Å². The van der Waals surface area contributed by atoms with Crippen LogP contribution in [-0.2, 0) is 17.9 Å². The van der Waals surface area contributed by atoms with Gasteiger partial charge in [-0.15, -0.1) is 13.2 Å². The van der Waals surface area contributed by atoms with Crippen molar-refractivity contribution in [3.05, 3.63) is 59.7 Å². The Labute approximate surface area is 167 Å². The maximum absolute atomic E-state index is 12.5. The Morgan fingerprint density at radius 2 is 1.83 bits per heavy atom. The van der Waals surface area contributed by atoms with E-state index in [1.54, 1.807) is 13.2 Å². The van der Waals surface area contributed by atoms with Gasteiger partial charge in [0.25, 0.3) is 0 Å². The predicted octanol–water partition coefficient (Wildman–Crippen LogP) is 3.87. The van der Waals surface area contributed by atoms with E-state index >= 15 is 0 Å². The van der Waals surface area contributed by atoms with Gasteiger partial charge in [0.15, 0.2) is 0 Å². The number of nitrogens with zero attached hydrogens (tertiary/aromatic N) is 1. The van der Waals surface area contributed by atoms with Gasteiger partial charge in [0.2, 0.25) is 5.91 Å². The first-order valence-electron chi connectivity index (χ1n) is 9.31. The lowest BCUT2D eigenvalue weighted by molar-refractivity contribution is -0.274. The van der Waals surface area contributed by atoms with Crippen molar-refractivity contribution < 1.29 is 27.4 Å². The maximum atomic E-state index is 12.5. The lowest BCUT2D eigenvalue weighted by Gasteiger charge is -2.22. The van der Waals surface area contributed by atoms with Gasteiger partial charge in [-0.25, -0.2) is 0 Å². The summed E-state index contributed by atoms with van der Waals surface area (Å²) in [6.07, 6.45) is -2.71. The second-order valence-electron chi connectivity index (χ2n) is 6.92. The number of hydrogen-bond donors (Lipinski definition) is 1. The molecule has 0 spiro atoms. The standard InChI is InChI=1S/C21H23F3N2O3/c1-28-18-10-6-15(7-11-18)13-26(17-8-9-17)14-20(27)25-12-16-4-2-3-5-19(16)29-21(22,23)24/h2-7,10-11,17H,8-9,12-14H2,1H3,(H,25,27). The van der Waals surface area contributed by atoms with Gasteiger partial charge >= 0.3 is 6.36 Å². The van der Waals surface area contributed by atoms with Crippen LogP contribution in [0.4, 0.5) is 13.2 Å². The molecule has 1 aliphatic rings. The first-order chi connectivity index (χ1) is 13.8. The molecular weight excluding hydrogens is 385 g/mol. The zero-order chi connectivity index (χ0) is 20.9. The lowest BCUT2D eigenvalue weighted by atomic mass is 10.2. The Kier molecular flexibility index (Phi) is 6.64. The van der Waals surface area contributed by atoms with Crippen molar-refractivity contribution >= 4 is 5.91 Å². The molecule has 0 unspecified atom stereocenters. The SMILES string of the molecule is COc1ccc(CN(CC(=O)NCc2ccccc2OC(F)(F)F)C2CC2)cc1. The van der Waals surface area contributed by atoms with Crippen molar-refractivity contribution in [2.24, 2.45) is 0 Å². The maximum Gasteiger partial charge on any atom is 0.573 e. The van der Waals surface area contributed by atoms with E-state index in [4.69, 9.17) is 4.74 Å². The number of benzene rings is 2. The van der Waals surface area contributed by atoms with Gasteiger partial charge in [-0.05, 0) is 36.6 Å². The van der Waals surface area contributed by atoms with Crippen molar-refractivity contribution in [1.29, 1.82) is 0 Å². The Bertz CT molecular complexity index is 821. The molecule has 2 aromatic carbocycles. The molecule has 0 radical (unpaired) electrons. The van der Waals surface area contributed by atoms with Crippen LogP contribution in [0.5, 0.6) is 11.5 Å². The molecule has 1 saturated carbocycles. The lowest BCUT2D eigenvalue weighted by Crippen LogP contribution is -2.38. The Hall–Kier alpha value is -2.74. The molecule has 1 fully saturated rings. The molecule has 0 aliphatic heterocycles. The molecule has 2 aromatic rings. The second kappa shape index (κ2) is 9.17. The smallest absolute Gasteiger partial charge is 0.497 e. The predicted molar refractivity (Wildman–Crippen MR) is 101 cm³/mol. The summed E-state index contributed by atoms with van der Waals surface area (Å²) in [6.45, 7) is 0.765. The van der Waals surface area contributed by atoms with E-state index < -0.39 is 6.36 Å². The summed E-state index contributed by atoms with van der Waals surface area (Å²) in [5.74, 6) is 0.217. The molecule has 0 atom stereocenters. The number of para-hydroxylation sites is 1. The molecule has 8 heteroatoms. The highest BCUT2D eigenvalue weighted by molar-refractivity contribution is 5.78. The number of hydrogen-bond acceptors (Lipinski definition) is 4. The molecular formula is C21H23F3N2O3. The van der Waals surface area contributed by atoms with Crippen molar-refractivity contribution in [3.63, 3.8) is 0 Å². The molecule has 1 N–H and O–H groups in total. The van der Waals surface area contributed by atoms with Gasteiger partial charge in [-0.1, -0.05) is 30.3 Å². The average molecular weight is 408 g/mol. The Balaban J connectivity index is 1.56. The molecule has 0 aromatic heterocycles. The van der Waals surface area contributed by atoms with Crippen LogP contribution >= 0.6 is 0 Å². The number of amides is 1. The van der Waals surface area contributed by atoms with E-state index in [1.165, 1.54) is 18.2 Å². The highest BCUT2D eigenvalue weighted by Gasteiger charge is 2.32. The number of carbonyl (C=O) groups excluding carboxylic acids is 1. The zero-order valence-corrected chi connectivity index (χ0v) is 16.0. The van der Waals surface area contributed by atoms with Crippen LogP contribution in [0.1, 0.15) is 24.0 Å². The zero-order valence-electron chi connectivity index (χ0n) is 16.0. The van der Waals surface area contributed by atoms with Gasteiger partial charge in [0.05, 0.1) is 13.7 Å². The summed E-state index contributed by atoms with van der Waals surface area (Å²) in [7, 11) is 1.60. The van der Waals surface area contributed by atoms with Crippen LogP contribution in [0.3, 0.4) is 0 Å². The normalized spacial score (nSPS) is 14.0. The summed E-state index contributed by atoms with van der Waals surface area (Å²) >= 11 is 0. The Morgan fingerprint density at radius 3 is 2.45 bits per heavy atom. The molecule has 29 heavy (non-hydrogen) atoms. The largest absolute Gasteiger partial charge is 0.573 e. The summed E-state index contributed by atoms with van der Waals surface area (Å²) in [4.78, 5) is 14.5. The van der Waals surface area contributed by atoms with Gasteiger partial charge in [-0.3, -0.25) is 9.69 Å². The van der Waals surface area contributed by atoms with Crippen molar-refractivity contribution in [3.8, 4) is 11.5 Å². The van der Waals surface area contributed by atoms with Crippen LogP contribution in [0, 0.1) is 0 Å². The van der Waals surface area contributed by atoms with Gasteiger partial charge in [0, 0.05) is 24.7 Å². The monoisotopic (exact) mass is 408 g/mol.